The lowest BCUT2D eigenvalue weighted by molar-refractivity contribution is 0.622. The molecule has 0 bridgehead atoms. The van der Waals surface area contributed by atoms with Crippen molar-refractivity contribution >= 4 is 37.5 Å². The van der Waals surface area contributed by atoms with Gasteiger partial charge in [0.25, 0.3) is 0 Å². The number of hydrogen-bond acceptors (Lipinski definition) is 3. The summed E-state index contributed by atoms with van der Waals surface area (Å²) in [5.74, 6) is 0.930. The Balaban J connectivity index is 2.09. The molecule has 0 saturated carbocycles. The lowest BCUT2D eigenvalue weighted by Gasteiger charge is -2.09. The summed E-state index contributed by atoms with van der Waals surface area (Å²) >= 11 is 6.95. The van der Waals surface area contributed by atoms with Crippen molar-refractivity contribution < 1.29 is 0 Å². The van der Waals surface area contributed by atoms with E-state index in [1.165, 1.54) is 0 Å². The molecule has 0 unspecified atom stereocenters. The van der Waals surface area contributed by atoms with Crippen molar-refractivity contribution in [3.05, 3.63) is 39.3 Å². The Bertz CT molecular complexity index is 510. The fraction of sp³-hybridized carbons (Fsp3) is 0.273. The van der Waals surface area contributed by atoms with Crippen molar-refractivity contribution in [2.24, 2.45) is 0 Å². The lowest BCUT2D eigenvalue weighted by Crippen LogP contribution is -2.09. The molecule has 0 aliphatic rings. The third-order valence-corrected chi connectivity index (χ3v) is 3.55. The van der Waals surface area contributed by atoms with Crippen molar-refractivity contribution in [1.29, 1.82) is 0 Å². The van der Waals surface area contributed by atoms with Gasteiger partial charge in [-0.2, -0.15) is 5.10 Å². The average molecular weight is 360 g/mol. The molecule has 0 spiro atoms. The van der Waals surface area contributed by atoms with Crippen LogP contribution in [-0.4, -0.2) is 14.8 Å². The smallest absolute Gasteiger partial charge is 0.146 e. The largest absolute Gasteiger partial charge is 0.377 e. The predicted octanol–water partition coefficient (Wildman–Crippen LogP) is 3.44. The summed E-state index contributed by atoms with van der Waals surface area (Å²) in [7, 11) is 0. The van der Waals surface area contributed by atoms with Crippen LogP contribution in [0.5, 0.6) is 0 Å². The molecule has 0 aliphatic carbocycles. The molecular formula is C11H12Br2N4. The fourth-order valence-corrected chi connectivity index (χ4v) is 2.24. The molecule has 1 N–H and O–H groups in total. The van der Waals surface area contributed by atoms with Crippen LogP contribution in [0.3, 0.4) is 0 Å². The first-order chi connectivity index (χ1) is 8.20. The molecule has 2 rings (SSSR count). The highest BCUT2D eigenvalue weighted by molar-refractivity contribution is 9.11. The number of benzene rings is 1. The van der Waals surface area contributed by atoms with Crippen molar-refractivity contribution in [2.75, 3.05) is 5.32 Å². The monoisotopic (exact) mass is 358 g/mol. The van der Waals surface area contributed by atoms with E-state index in [0.29, 0.717) is 6.54 Å². The maximum absolute atomic E-state index is 4.22. The van der Waals surface area contributed by atoms with Crippen LogP contribution in [0.2, 0.25) is 0 Å². The summed E-state index contributed by atoms with van der Waals surface area (Å²) < 4.78 is 3.95. The number of nitrogens with zero attached hydrogens (tertiary/aromatic N) is 3. The van der Waals surface area contributed by atoms with Crippen molar-refractivity contribution in [3.8, 4) is 0 Å². The van der Waals surface area contributed by atoms with Crippen LogP contribution in [0.1, 0.15) is 12.7 Å². The van der Waals surface area contributed by atoms with E-state index in [1.807, 2.05) is 29.8 Å². The Morgan fingerprint density at radius 2 is 2.18 bits per heavy atom. The van der Waals surface area contributed by atoms with E-state index in [1.54, 1.807) is 6.33 Å². The summed E-state index contributed by atoms with van der Waals surface area (Å²) in [6.45, 7) is 3.53. The van der Waals surface area contributed by atoms with E-state index in [2.05, 4.69) is 47.3 Å². The molecule has 90 valence electrons. The number of aromatic nitrogens is 3. The van der Waals surface area contributed by atoms with Gasteiger partial charge in [-0.25, -0.2) is 9.67 Å². The Kier molecular flexibility index (Phi) is 4.17. The molecule has 17 heavy (non-hydrogen) atoms. The molecule has 0 amide bonds. The van der Waals surface area contributed by atoms with Crippen LogP contribution in [0.15, 0.2) is 33.5 Å². The summed E-state index contributed by atoms with van der Waals surface area (Å²) in [4.78, 5) is 4.22. The van der Waals surface area contributed by atoms with Crippen LogP contribution >= 0.6 is 31.9 Å². The van der Waals surface area contributed by atoms with Crippen molar-refractivity contribution in [1.82, 2.24) is 14.8 Å². The fourth-order valence-electron chi connectivity index (χ4n) is 1.50. The van der Waals surface area contributed by atoms with E-state index in [0.717, 1.165) is 27.0 Å². The van der Waals surface area contributed by atoms with E-state index >= 15 is 0 Å². The van der Waals surface area contributed by atoms with Crippen LogP contribution in [-0.2, 0) is 13.1 Å². The zero-order valence-corrected chi connectivity index (χ0v) is 12.5. The van der Waals surface area contributed by atoms with Gasteiger partial charge < -0.3 is 5.32 Å². The van der Waals surface area contributed by atoms with Crippen LogP contribution in [0.25, 0.3) is 0 Å². The number of hydrogen-bond donors (Lipinski definition) is 1. The third-order valence-electron chi connectivity index (χ3n) is 2.36. The number of anilines is 1. The first-order valence-electron chi connectivity index (χ1n) is 5.26. The predicted molar refractivity (Wildman–Crippen MR) is 74.9 cm³/mol. The number of aryl methyl sites for hydroxylation is 1. The average Bonchev–Trinajstić information content (AvgIpc) is 2.77. The van der Waals surface area contributed by atoms with E-state index in [9.17, 15) is 0 Å². The summed E-state index contributed by atoms with van der Waals surface area (Å²) in [6.07, 6.45) is 1.58. The molecule has 0 radical (unpaired) electrons. The summed E-state index contributed by atoms with van der Waals surface area (Å²) in [6, 6.07) is 6.01. The molecular weight excluding hydrogens is 348 g/mol. The number of nitrogens with one attached hydrogen (secondary N) is 1. The molecule has 1 aromatic carbocycles. The van der Waals surface area contributed by atoms with Gasteiger partial charge in [-0.1, -0.05) is 15.9 Å². The number of rotatable bonds is 4. The minimum absolute atomic E-state index is 0.656. The van der Waals surface area contributed by atoms with Gasteiger partial charge in [0.1, 0.15) is 12.2 Å². The Morgan fingerprint density at radius 3 is 2.94 bits per heavy atom. The Morgan fingerprint density at radius 1 is 1.35 bits per heavy atom. The Hall–Kier alpha value is -0.880. The van der Waals surface area contributed by atoms with E-state index in [4.69, 9.17) is 0 Å². The van der Waals surface area contributed by atoms with Crippen LogP contribution < -0.4 is 5.32 Å². The highest BCUT2D eigenvalue weighted by Gasteiger charge is 2.04. The maximum Gasteiger partial charge on any atom is 0.146 e. The van der Waals surface area contributed by atoms with Gasteiger partial charge >= 0.3 is 0 Å². The quantitative estimate of drug-likeness (QED) is 0.909. The van der Waals surface area contributed by atoms with Gasteiger partial charge in [-0.15, -0.1) is 0 Å². The zero-order valence-electron chi connectivity index (χ0n) is 9.32. The second-order valence-electron chi connectivity index (χ2n) is 3.47. The minimum atomic E-state index is 0.656. The van der Waals surface area contributed by atoms with Gasteiger partial charge in [-0.3, -0.25) is 0 Å². The van der Waals surface area contributed by atoms with Gasteiger partial charge in [0.2, 0.25) is 0 Å². The van der Waals surface area contributed by atoms with Crippen molar-refractivity contribution in [3.63, 3.8) is 0 Å². The lowest BCUT2D eigenvalue weighted by atomic mass is 10.3. The van der Waals surface area contributed by atoms with E-state index < -0.39 is 0 Å². The second kappa shape index (κ2) is 5.64. The SMILES string of the molecule is CCn1ncnc1CNc1cc(Br)ccc1Br. The topological polar surface area (TPSA) is 42.7 Å². The minimum Gasteiger partial charge on any atom is -0.377 e. The first kappa shape index (κ1) is 12.6. The normalized spacial score (nSPS) is 10.5. The third kappa shape index (κ3) is 3.07. The molecule has 6 heteroatoms. The Labute approximate surface area is 117 Å². The van der Waals surface area contributed by atoms with Crippen LogP contribution in [0, 0.1) is 0 Å². The van der Waals surface area contributed by atoms with Crippen LogP contribution in [0.4, 0.5) is 5.69 Å². The van der Waals surface area contributed by atoms with Crippen molar-refractivity contribution in [2.45, 2.75) is 20.0 Å². The molecule has 4 nitrogen and oxygen atoms in total. The van der Waals surface area contributed by atoms with E-state index in [-0.39, 0.29) is 0 Å². The zero-order chi connectivity index (χ0) is 12.3. The molecule has 2 aromatic rings. The molecule has 0 aliphatic heterocycles. The van der Waals surface area contributed by atoms with Gasteiger partial charge in [0.15, 0.2) is 0 Å². The molecule has 1 heterocycles. The highest BCUT2D eigenvalue weighted by atomic mass is 79.9. The standard InChI is InChI=1S/C11H12Br2N4/c1-2-17-11(15-7-16-17)6-14-10-5-8(12)3-4-9(10)13/h3-5,7,14H,2,6H2,1H3. The molecule has 0 fully saturated rings. The number of halogens is 2. The first-order valence-corrected chi connectivity index (χ1v) is 6.85. The summed E-state index contributed by atoms with van der Waals surface area (Å²) in [5, 5.41) is 7.46. The summed E-state index contributed by atoms with van der Waals surface area (Å²) in [5.41, 5.74) is 1.03. The molecule has 0 saturated heterocycles. The second-order valence-corrected chi connectivity index (χ2v) is 5.24. The molecule has 0 atom stereocenters. The maximum atomic E-state index is 4.22. The molecule has 1 aromatic heterocycles. The van der Waals surface area contributed by atoms with Gasteiger partial charge in [0, 0.05) is 21.2 Å². The van der Waals surface area contributed by atoms with Gasteiger partial charge in [0.05, 0.1) is 6.54 Å². The highest BCUT2D eigenvalue weighted by Crippen LogP contribution is 2.26. The van der Waals surface area contributed by atoms with Gasteiger partial charge in [-0.05, 0) is 41.1 Å².